The lowest BCUT2D eigenvalue weighted by Gasteiger charge is -2.28. The van der Waals surface area contributed by atoms with Crippen molar-refractivity contribution in [3.05, 3.63) is 12.3 Å². The molecule has 0 bridgehead atoms. The number of aromatic nitrogens is 2. The van der Waals surface area contributed by atoms with Crippen LogP contribution in [0.4, 0.5) is 11.5 Å². The first kappa shape index (κ1) is 16.5. The molecule has 1 aliphatic heterocycles. The minimum atomic E-state index is -0.365. The molecule has 122 valence electrons. The molecular formula is C15H25N5O2. The Morgan fingerprint density at radius 2 is 2.05 bits per heavy atom. The molecule has 7 heteroatoms. The fraction of sp³-hybridized carbons (Fsp3) is 0.667. The fourth-order valence-electron chi connectivity index (χ4n) is 2.07. The van der Waals surface area contributed by atoms with E-state index in [1.54, 1.807) is 6.20 Å². The van der Waals surface area contributed by atoms with E-state index in [1.807, 2.05) is 26.8 Å². The molecule has 0 radical (unpaired) electrons. The number of carbonyl (C=O) groups excluding carboxylic acids is 1. The summed E-state index contributed by atoms with van der Waals surface area (Å²) >= 11 is 0. The van der Waals surface area contributed by atoms with Crippen molar-refractivity contribution in [1.82, 2.24) is 15.5 Å². The number of anilines is 2. The van der Waals surface area contributed by atoms with Crippen molar-refractivity contribution in [3.63, 3.8) is 0 Å². The molecule has 0 saturated carbocycles. The van der Waals surface area contributed by atoms with Gasteiger partial charge in [-0.1, -0.05) is 20.8 Å². The predicted octanol–water partition coefficient (Wildman–Crippen LogP) is 0.887. The van der Waals surface area contributed by atoms with E-state index in [2.05, 4.69) is 25.7 Å². The number of ether oxygens (including phenoxy) is 1. The molecule has 2 rings (SSSR count). The van der Waals surface area contributed by atoms with Gasteiger partial charge in [0.2, 0.25) is 5.91 Å². The Kier molecular flexibility index (Phi) is 5.54. The van der Waals surface area contributed by atoms with Crippen molar-refractivity contribution < 1.29 is 9.53 Å². The highest BCUT2D eigenvalue weighted by molar-refractivity contribution is 5.81. The number of nitrogens with one attached hydrogen (secondary N) is 2. The van der Waals surface area contributed by atoms with Crippen molar-refractivity contribution in [2.75, 3.05) is 49.6 Å². The molecule has 0 aromatic carbocycles. The second-order valence-electron chi connectivity index (χ2n) is 6.33. The molecule has 1 saturated heterocycles. The average molecular weight is 307 g/mol. The monoisotopic (exact) mass is 307 g/mol. The highest BCUT2D eigenvalue weighted by Crippen LogP contribution is 2.17. The third-order valence-corrected chi connectivity index (χ3v) is 3.41. The van der Waals surface area contributed by atoms with Crippen LogP contribution in [0, 0.1) is 5.41 Å². The van der Waals surface area contributed by atoms with E-state index in [4.69, 9.17) is 4.74 Å². The van der Waals surface area contributed by atoms with Crippen molar-refractivity contribution in [2.24, 2.45) is 5.41 Å². The molecule has 1 aromatic heterocycles. The molecular weight excluding hydrogens is 282 g/mol. The van der Waals surface area contributed by atoms with Crippen LogP contribution in [0.1, 0.15) is 20.8 Å². The second kappa shape index (κ2) is 7.40. The Labute approximate surface area is 131 Å². The molecule has 7 nitrogen and oxygen atoms in total. The molecule has 2 heterocycles. The van der Waals surface area contributed by atoms with Gasteiger partial charge in [-0.25, -0.2) is 0 Å². The van der Waals surface area contributed by atoms with Crippen molar-refractivity contribution >= 4 is 17.4 Å². The van der Waals surface area contributed by atoms with Crippen LogP contribution in [0.25, 0.3) is 0 Å². The number of nitrogens with zero attached hydrogens (tertiary/aromatic N) is 3. The number of amides is 1. The molecule has 0 atom stereocenters. The van der Waals surface area contributed by atoms with Crippen LogP contribution in [-0.2, 0) is 9.53 Å². The number of hydrogen-bond donors (Lipinski definition) is 2. The average Bonchev–Trinajstić information content (AvgIpc) is 2.51. The van der Waals surface area contributed by atoms with Gasteiger partial charge in [-0.2, -0.15) is 5.10 Å². The minimum absolute atomic E-state index is 0.0439. The van der Waals surface area contributed by atoms with Gasteiger partial charge >= 0.3 is 0 Å². The Hall–Kier alpha value is -1.89. The quantitative estimate of drug-likeness (QED) is 0.787. The zero-order valence-corrected chi connectivity index (χ0v) is 13.6. The van der Waals surface area contributed by atoms with Crippen LogP contribution in [-0.4, -0.2) is 55.5 Å². The lowest BCUT2D eigenvalue weighted by Crippen LogP contribution is -2.37. The van der Waals surface area contributed by atoms with Gasteiger partial charge in [0.15, 0.2) is 5.82 Å². The Balaban J connectivity index is 1.79. The highest BCUT2D eigenvalue weighted by Gasteiger charge is 2.20. The fourth-order valence-corrected chi connectivity index (χ4v) is 2.07. The van der Waals surface area contributed by atoms with E-state index >= 15 is 0 Å². The third-order valence-electron chi connectivity index (χ3n) is 3.41. The number of morpholine rings is 1. The van der Waals surface area contributed by atoms with Gasteiger partial charge in [0.25, 0.3) is 0 Å². The van der Waals surface area contributed by atoms with Crippen LogP contribution in [0.2, 0.25) is 0 Å². The van der Waals surface area contributed by atoms with E-state index in [-0.39, 0.29) is 11.3 Å². The van der Waals surface area contributed by atoms with Gasteiger partial charge in [0.05, 0.1) is 25.1 Å². The lowest BCUT2D eigenvalue weighted by atomic mass is 9.96. The van der Waals surface area contributed by atoms with Gasteiger partial charge < -0.3 is 20.3 Å². The zero-order chi connectivity index (χ0) is 16.0. The Morgan fingerprint density at radius 1 is 1.32 bits per heavy atom. The normalized spacial score (nSPS) is 15.5. The maximum absolute atomic E-state index is 11.8. The van der Waals surface area contributed by atoms with E-state index in [0.717, 1.165) is 32.0 Å². The molecule has 0 spiro atoms. The van der Waals surface area contributed by atoms with Crippen molar-refractivity contribution in [1.29, 1.82) is 0 Å². The maximum Gasteiger partial charge on any atom is 0.225 e. The SMILES string of the molecule is CC(C)(C)C(=O)NCCNc1cc(N2CCOCC2)cnn1. The van der Waals surface area contributed by atoms with Gasteiger partial charge in [0, 0.05) is 37.7 Å². The molecule has 0 aliphatic carbocycles. The summed E-state index contributed by atoms with van der Waals surface area (Å²) in [6.07, 6.45) is 1.76. The van der Waals surface area contributed by atoms with Gasteiger partial charge in [-0.15, -0.1) is 5.10 Å². The van der Waals surface area contributed by atoms with Crippen LogP contribution >= 0.6 is 0 Å². The molecule has 1 amide bonds. The molecule has 1 fully saturated rings. The number of carbonyl (C=O) groups is 1. The van der Waals surface area contributed by atoms with Crippen LogP contribution in [0.5, 0.6) is 0 Å². The zero-order valence-electron chi connectivity index (χ0n) is 13.6. The summed E-state index contributed by atoms with van der Waals surface area (Å²) in [7, 11) is 0. The third kappa shape index (κ3) is 4.84. The lowest BCUT2D eigenvalue weighted by molar-refractivity contribution is -0.128. The topological polar surface area (TPSA) is 79.4 Å². The smallest absolute Gasteiger partial charge is 0.225 e. The Bertz CT molecular complexity index is 495. The molecule has 1 aromatic rings. The Morgan fingerprint density at radius 3 is 2.73 bits per heavy atom. The van der Waals surface area contributed by atoms with Crippen molar-refractivity contribution in [2.45, 2.75) is 20.8 Å². The van der Waals surface area contributed by atoms with Crippen LogP contribution in [0.3, 0.4) is 0 Å². The van der Waals surface area contributed by atoms with Gasteiger partial charge in [-0.05, 0) is 0 Å². The van der Waals surface area contributed by atoms with Crippen molar-refractivity contribution in [3.8, 4) is 0 Å². The number of hydrogen-bond acceptors (Lipinski definition) is 6. The van der Waals surface area contributed by atoms with Gasteiger partial charge in [-0.3, -0.25) is 4.79 Å². The summed E-state index contributed by atoms with van der Waals surface area (Å²) in [6, 6.07) is 1.98. The first-order valence-electron chi connectivity index (χ1n) is 7.64. The van der Waals surface area contributed by atoms with E-state index in [9.17, 15) is 4.79 Å². The van der Waals surface area contributed by atoms with Crippen LogP contribution in [0.15, 0.2) is 12.3 Å². The molecule has 2 N–H and O–H groups in total. The highest BCUT2D eigenvalue weighted by atomic mass is 16.5. The standard InChI is InChI=1S/C15H25N5O2/c1-15(2,3)14(21)17-5-4-16-13-10-12(11-18-19-13)20-6-8-22-9-7-20/h10-11H,4-9H2,1-3H3,(H,16,19)(H,17,21). The first-order valence-corrected chi connectivity index (χ1v) is 7.64. The molecule has 0 unspecified atom stereocenters. The van der Waals surface area contributed by atoms with E-state index in [1.165, 1.54) is 0 Å². The van der Waals surface area contributed by atoms with Crippen LogP contribution < -0.4 is 15.5 Å². The molecule has 1 aliphatic rings. The largest absolute Gasteiger partial charge is 0.378 e. The summed E-state index contributed by atoms with van der Waals surface area (Å²) < 4.78 is 5.35. The predicted molar refractivity (Wildman–Crippen MR) is 86.0 cm³/mol. The summed E-state index contributed by atoms with van der Waals surface area (Å²) in [5.41, 5.74) is 0.676. The second-order valence-corrected chi connectivity index (χ2v) is 6.33. The summed E-state index contributed by atoms with van der Waals surface area (Å²) in [5, 5.41) is 14.2. The molecule has 22 heavy (non-hydrogen) atoms. The number of rotatable bonds is 5. The summed E-state index contributed by atoms with van der Waals surface area (Å²) in [5.74, 6) is 0.761. The van der Waals surface area contributed by atoms with E-state index < -0.39 is 0 Å². The first-order chi connectivity index (χ1) is 10.5. The minimum Gasteiger partial charge on any atom is -0.378 e. The summed E-state index contributed by atoms with van der Waals surface area (Å²) in [6.45, 7) is 10.1. The summed E-state index contributed by atoms with van der Waals surface area (Å²) in [4.78, 5) is 14.0. The van der Waals surface area contributed by atoms with Gasteiger partial charge in [0.1, 0.15) is 0 Å². The van der Waals surface area contributed by atoms with E-state index in [0.29, 0.717) is 18.9 Å². The maximum atomic E-state index is 11.8.